The van der Waals surface area contributed by atoms with E-state index in [1.54, 1.807) is 12.5 Å². The van der Waals surface area contributed by atoms with Gasteiger partial charge in [-0.1, -0.05) is 19.3 Å². The number of aromatic nitrogens is 2. The van der Waals surface area contributed by atoms with Crippen LogP contribution < -0.4 is 10.6 Å². The number of hydrogen-bond donors (Lipinski definition) is 2. The summed E-state index contributed by atoms with van der Waals surface area (Å²) in [5, 5.41) is 10.3. The fourth-order valence-electron chi connectivity index (χ4n) is 3.40. The van der Waals surface area contributed by atoms with E-state index in [1.165, 1.54) is 19.3 Å². The lowest BCUT2D eigenvalue weighted by Crippen LogP contribution is -2.37. The van der Waals surface area contributed by atoms with Crippen LogP contribution in [-0.2, 0) is 0 Å². The monoisotopic (exact) mass is 345 g/mol. The quantitative estimate of drug-likeness (QED) is 0.841. The van der Waals surface area contributed by atoms with Gasteiger partial charge < -0.3 is 9.73 Å². The smallest absolute Gasteiger partial charge is 0.320 e. The lowest BCUT2D eigenvalue weighted by molar-refractivity contribution is 0.233. The average Bonchev–Trinajstić information content (AvgIpc) is 3.27. The summed E-state index contributed by atoms with van der Waals surface area (Å²) >= 11 is 0. The van der Waals surface area contributed by atoms with Gasteiger partial charge in [-0.2, -0.15) is 5.10 Å². The first-order chi connectivity index (χ1) is 12.1. The minimum atomic E-state index is -0.226. The molecule has 1 aliphatic rings. The van der Waals surface area contributed by atoms with Crippen LogP contribution in [0.4, 0.5) is 10.6 Å². The fourth-order valence-corrected chi connectivity index (χ4v) is 3.40. The third-order valence-corrected chi connectivity index (χ3v) is 4.78. The molecule has 1 saturated carbocycles. The summed E-state index contributed by atoms with van der Waals surface area (Å²) < 4.78 is 7.42. The molecular weight excluding hydrogens is 318 g/mol. The maximum atomic E-state index is 12.3. The van der Waals surface area contributed by atoms with Gasteiger partial charge in [0.05, 0.1) is 24.5 Å². The number of hydrogen-bond acceptors (Lipinski definition) is 4. The SMILES string of the molecule is CN(C)[C@@H](CNC(=O)Nc1ccnn1C1CCCCC1)c1ccco1. The lowest BCUT2D eigenvalue weighted by atomic mass is 9.96. The standard InChI is InChI=1S/C18H27N5O2/c1-22(2)15(16-9-6-12-25-16)13-19-18(24)21-17-10-11-20-23(17)14-7-4-3-5-8-14/h6,9-12,14-15H,3-5,7-8,13H2,1-2H3,(H2,19,21,24)/t15-/m0/s1. The minimum absolute atomic E-state index is 0.0102. The van der Waals surface area contributed by atoms with Crippen molar-refractivity contribution < 1.29 is 9.21 Å². The molecule has 0 aromatic carbocycles. The summed E-state index contributed by atoms with van der Waals surface area (Å²) in [6.07, 6.45) is 9.38. The molecule has 0 spiro atoms. The summed E-state index contributed by atoms with van der Waals surface area (Å²) in [7, 11) is 3.93. The van der Waals surface area contributed by atoms with Crippen molar-refractivity contribution in [2.75, 3.05) is 26.0 Å². The number of nitrogens with zero attached hydrogens (tertiary/aromatic N) is 3. The zero-order chi connectivity index (χ0) is 17.6. The Bertz CT molecular complexity index is 659. The molecule has 1 aliphatic carbocycles. The van der Waals surface area contributed by atoms with Crippen LogP contribution in [0.25, 0.3) is 0 Å². The van der Waals surface area contributed by atoms with Crippen LogP contribution in [-0.4, -0.2) is 41.4 Å². The number of amides is 2. The van der Waals surface area contributed by atoms with Gasteiger partial charge in [0.15, 0.2) is 0 Å². The van der Waals surface area contributed by atoms with Gasteiger partial charge in [0.25, 0.3) is 0 Å². The topological polar surface area (TPSA) is 75.3 Å². The van der Waals surface area contributed by atoms with E-state index in [2.05, 4.69) is 15.7 Å². The van der Waals surface area contributed by atoms with Crippen LogP contribution in [0.15, 0.2) is 35.1 Å². The van der Waals surface area contributed by atoms with Crippen molar-refractivity contribution in [3.8, 4) is 0 Å². The van der Waals surface area contributed by atoms with E-state index < -0.39 is 0 Å². The molecule has 2 aromatic rings. The first-order valence-corrected chi connectivity index (χ1v) is 8.93. The largest absolute Gasteiger partial charge is 0.468 e. The van der Waals surface area contributed by atoms with Crippen LogP contribution in [0.2, 0.25) is 0 Å². The maximum absolute atomic E-state index is 12.3. The summed E-state index contributed by atoms with van der Waals surface area (Å²) in [5.41, 5.74) is 0. The number of carbonyl (C=O) groups is 1. The summed E-state index contributed by atoms with van der Waals surface area (Å²) in [4.78, 5) is 14.3. The van der Waals surface area contributed by atoms with Crippen molar-refractivity contribution in [2.45, 2.75) is 44.2 Å². The molecule has 0 radical (unpaired) electrons. The van der Waals surface area contributed by atoms with Gasteiger partial charge >= 0.3 is 6.03 Å². The highest BCUT2D eigenvalue weighted by atomic mass is 16.3. The van der Waals surface area contributed by atoms with Gasteiger partial charge in [-0.3, -0.25) is 10.2 Å². The van der Waals surface area contributed by atoms with E-state index in [9.17, 15) is 4.79 Å². The second-order valence-corrected chi connectivity index (χ2v) is 6.78. The second kappa shape index (κ2) is 8.20. The van der Waals surface area contributed by atoms with E-state index in [1.807, 2.05) is 41.9 Å². The molecule has 25 heavy (non-hydrogen) atoms. The predicted molar refractivity (Wildman–Crippen MR) is 96.5 cm³/mol. The summed E-state index contributed by atoms with van der Waals surface area (Å²) in [6.45, 7) is 0.462. The van der Waals surface area contributed by atoms with Gasteiger partial charge in [0.2, 0.25) is 0 Å². The zero-order valence-corrected chi connectivity index (χ0v) is 14.9. The third kappa shape index (κ3) is 4.42. The number of rotatable bonds is 6. The van der Waals surface area contributed by atoms with E-state index >= 15 is 0 Å². The first-order valence-electron chi connectivity index (χ1n) is 8.93. The Kier molecular flexibility index (Phi) is 5.75. The lowest BCUT2D eigenvalue weighted by Gasteiger charge is -2.24. The van der Waals surface area contributed by atoms with Crippen LogP contribution >= 0.6 is 0 Å². The second-order valence-electron chi connectivity index (χ2n) is 6.78. The Morgan fingerprint density at radius 3 is 2.84 bits per heavy atom. The number of furan rings is 1. The fraction of sp³-hybridized carbons (Fsp3) is 0.556. The minimum Gasteiger partial charge on any atom is -0.468 e. The van der Waals surface area contributed by atoms with E-state index in [-0.39, 0.29) is 12.1 Å². The number of urea groups is 1. The third-order valence-electron chi connectivity index (χ3n) is 4.78. The molecule has 2 heterocycles. The predicted octanol–water partition coefficient (Wildman–Crippen LogP) is 3.41. The Hall–Kier alpha value is -2.28. The van der Waals surface area contributed by atoms with E-state index in [0.717, 1.165) is 24.4 Å². The van der Waals surface area contributed by atoms with Gasteiger partial charge in [-0.15, -0.1) is 0 Å². The molecule has 2 aromatic heterocycles. The van der Waals surface area contributed by atoms with E-state index in [4.69, 9.17) is 4.42 Å². The maximum Gasteiger partial charge on any atom is 0.320 e. The number of anilines is 1. The van der Waals surface area contributed by atoms with Crippen molar-refractivity contribution in [2.24, 2.45) is 0 Å². The Balaban J connectivity index is 1.57. The van der Waals surface area contributed by atoms with Gasteiger partial charge in [-0.05, 0) is 39.1 Å². The highest BCUT2D eigenvalue weighted by Gasteiger charge is 2.20. The molecule has 2 amide bonds. The molecule has 2 N–H and O–H groups in total. The van der Waals surface area contributed by atoms with Crippen molar-refractivity contribution in [1.29, 1.82) is 0 Å². The Morgan fingerprint density at radius 1 is 1.36 bits per heavy atom. The number of nitrogens with one attached hydrogen (secondary N) is 2. The van der Waals surface area contributed by atoms with Crippen molar-refractivity contribution in [3.05, 3.63) is 36.4 Å². The van der Waals surface area contributed by atoms with Crippen molar-refractivity contribution >= 4 is 11.8 Å². The van der Waals surface area contributed by atoms with Crippen LogP contribution in [0, 0.1) is 0 Å². The molecule has 0 saturated heterocycles. The first kappa shape index (κ1) is 17.5. The summed E-state index contributed by atoms with van der Waals surface area (Å²) in [5.74, 6) is 1.58. The Labute approximate surface area is 148 Å². The van der Waals surface area contributed by atoms with Crippen molar-refractivity contribution in [1.82, 2.24) is 20.0 Å². The number of likely N-dealkylation sites (N-methyl/N-ethyl adjacent to an activating group) is 1. The molecule has 0 unspecified atom stereocenters. The number of carbonyl (C=O) groups excluding carboxylic acids is 1. The van der Waals surface area contributed by atoms with Crippen molar-refractivity contribution in [3.63, 3.8) is 0 Å². The zero-order valence-electron chi connectivity index (χ0n) is 14.9. The molecule has 1 atom stereocenters. The van der Waals surface area contributed by atoms with Gasteiger partial charge in [-0.25, -0.2) is 9.48 Å². The van der Waals surface area contributed by atoms with Crippen LogP contribution in [0.5, 0.6) is 0 Å². The molecular formula is C18H27N5O2. The summed E-state index contributed by atoms with van der Waals surface area (Å²) in [6, 6.07) is 5.78. The van der Waals surface area contributed by atoms with Crippen LogP contribution in [0.3, 0.4) is 0 Å². The molecule has 0 aliphatic heterocycles. The highest BCUT2D eigenvalue weighted by Crippen LogP contribution is 2.29. The molecule has 3 rings (SSSR count). The van der Waals surface area contributed by atoms with Crippen LogP contribution in [0.1, 0.15) is 49.9 Å². The molecule has 1 fully saturated rings. The molecule has 7 heteroatoms. The highest BCUT2D eigenvalue weighted by molar-refractivity contribution is 5.88. The Morgan fingerprint density at radius 2 is 2.16 bits per heavy atom. The normalized spacial score (nSPS) is 16.8. The molecule has 7 nitrogen and oxygen atoms in total. The molecule has 0 bridgehead atoms. The van der Waals surface area contributed by atoms with E-state index in [0.29, 0.717) is 12.6 Å². The van der Waals surface area contributed by atoms with Gasteiger partial charge in [0.1, 0.15) is 11.6 Å². The van der Waals surface area contributed by atoms with Gasteiger partial charge in [0, 0.05) is 12.6 Å². The average molecular weight is 345 g/mol. The molecule has 136 valence electrons.